The van der Waals surface area contributed by atoms with Crippen LogP contribution in [0.2, 0.25) is 0 Å². The molecule has 0 spiro atoms. The predicted molar refractivity (Wildman–Crippen MR) is 42.8 cm³/mol. The van der Waals surface area contributed by atoms with Crippen LogP contribution in [0.5, 0.6) is 0 Å². The Kier molecular flexibility index (Phi) is 55.4. The maximum Gasteiger partial charge on any atom is 0 e. The molecule has 0 aliphatic carbocycles. The van der Waals surface area contributed by atoms with Crippen LogP contribution >= 0.6 is 15.6 Å². The normalized spacial score (nSPS) is 7.87. The van der Waals surface area contributed by atoms with E-state index in [0.29, 0.717) is 0 Å². The number of rotatable bonds is 0. The van der Waals surface area contributed by atoms with E-state index < -0.39 is 15.6 Å². The van der Waals surface area contributed by atoms with Gasteiger partial charge < -0.3 is 29.4 Å². The van der Waals surface area contributed by atoms with E-state index in [9.17, 15) is 0 Å². The maximum absolute atomic E-state index is 8.88. The topological polar surface area (TPSA) is 156 Å². The van der Waals surface area contributed by atoms with Crippen molar-refractivity contribution in [3.05, 3.63) is 0 Å². The van der Waals surface area contributed by atoms with Crippen LogP contribution in [0, 0.1) is 0 Å². The summed E-state index contributed by atoms with van der Waals surface area (Å²) in [5.41, 5.74) is 0. The molecule has 0 bridgehead atoms. The quantitative estimate of drug-likeness (QED) is 0.191. The van der Waals surface area contributed by atoms with Gasteiger partial charge in [-0.2, -0.15) is 0 Å². The first-order chi connectivity index (χ1) is 4.00. The van der Waals surface area contributed by atoms with Gasteiger partial charge in [0.2, 0.25) is 0 Å². The summed E-state index contributed by atoms with van der Waals surface area (Å²) in [4.78, 5) is 43.1. The van der Waals surface area contributed by atoms with E-state index >= 15 is 0 Å². The molecule has 15 heteroatoms. The minimum Gasteiger partial charge on any atom is 0 e. The summed E-state index contributed by atoms with van der Waals surface area (Å²) in [6.07, 6.45) is 0. The van der Waals surface area contributed by atoms with Gasteiger partial charge in [0.15, 0.2) is 0 Å². The molecule has 0 atom stereocenters. The number of phosphoric acid groups is 2. The third kappa shape index (κ3) is 430. The molecule has 0 saturated heterocycles. The molecule has 2 radical (unpaired) electrons. The Morgan fingerprint density at radius 2 is 0.600 bits per heavy atom. The molecule has 6 N–H and O–H groups in total. The van der Waals surface area contributed by atoms with Crippen molar-refractivity contribution in [3.8, 4) is 0 Å². The summed E-state index contributed by atoms with van der Waals surface area (Å²) in [5, 5.41) is 0. The molecule has 8 nitrogen and oxygen atoms in total. The SMILES string of the molecule is O=P(O)(O)O.O=P(O)(O)O.[Fe].[LiH].[LiH].[Mn].[Mn]. The van der Waals surface area contributed by atoms with E-state index in [1.807, 2.05) is 0 Å². The van der Waals surface area contributed by atoms with Crippen LogP contribution in [-0.4, -0.2) is 67.1 Å². The van der Waals surface area contributed by atoms with E-state index in [1.165, 1.54) is 0 Å². The molecule has 0 unspecified atom stereocenters. The summed E-state index contributed by atoms with van der Waals surface area (Å²) in [6.45, 7) is 0. The zero-order valence-electron chi connectivity index (χ0n) is 5.50. The van der Waals surface area contributed by atoms with Crippen LogP contribution < -0.4 is 0 Å². The van der Waals surface area contributed by atoms with Gasteiger partial charge in [0.25, 0.3) is 0 Å². The average molecular weight is 378 g/mol. The summed E-state index contributed by atoms with van der Waals surface area (Å²) >= 11 is 0. The van der Waals surface area contributed by atoms with Gasteiger partial charge >= 0.3 is 53.4 Å². The molecule has 0 amide bonds. The summed E-state index contributed by atoms with van der Waals surface area (Å²) < 4.78 is 17.8. The Balaban J connectivity index is -0.0000000128. The van der Waals surface area contributed by atoms with Crippen LogP contribution in [0.25, 0.3) is 0 Å². The molecule has 0 aromatic carbocycles. The molecule has 15 heavy (non-hydrogen) atoms. The van der Waals surface area contributed by atoms with Crippen molar-refractivity contribution in [3.63, 3.8) is 0 Å². The Labute approximate surface area is 142 Å². The average Bonchev–Trinajstić information content (AvgIpc) is 1.12. The van der Waals surface area contributed by atoms with Crippen LogP contribution in [0.15, 0.2) is 0 Å². The second-order valence-corrected chi connectivity index (χ2v) is 3.08. The largest absolute Gasteiger partial charge is 0 e. The smallest absolute Gasteiger partial charge is 0 e. The fourth-order valence-corrected chi connectivity index (χ4v) is 0. The van der Waals surface area contributed by atoms with Crippen molar-refractivity contribution in [1.82, 2.24) is 0 Å². The molecule has 0 aliphatic heterocycles. The predicted octanol–water partition coefficient (Wildman–Crippen LogP) is -3.16. The van der Waals surface area contributed by atoms with Crippen molar-refractivity contribution in [2.24, 2.45) is 0 Å². The second kappa shape index (κ2) is 19.3. The third-order valence-electron chi connectivity index (χ3n) is 0. The van der Waals surface area contributed by atoms with Crippen molar-refractivity contribution >= 4 is 53.4 Å². The van der Waals surface area contributed by atoms with E-state index in [1.54, 1.807) is 0 Å². The fourth-order valence-electron chi connectivity index (χ4n) is 0. The van der Waals surface area contributed by atoms with Crippen molar-refractivity contribution in [2.45, 2.75) is 0 Å². The molecular formula is H8FeLi2Mn2O8P2. The van der Waals surface area contributed by atoms with Crippen molar-refractivity contribution in [1.29, 1.82) is 0 Å². The van der Waals surface area contributed by atoms with Gasteiger partial charge in [-0.15, -0.1) is 0 Å². The second-order valence-electron chi connectivity index (χ2n) is 1.03. The van der Waals surface area contributed by atoms with Crippen LogP contribution in [0.1, 0.15) is 0 Å². The summed E-state index contributed by atoms with van der Waals surface area (Å²) in [6, 6.07) is 0. The van der Waals surface area contributed by atoms with Gasteiger partial charge in [-0.3, -0.25) is 0 Å². The molecule has 0 fully saturated rings. The third-order valence-corrected chi connectivity index (χ3v) is 0. The van der Waals surface area contributed by atoms with Gasteiger partial charge in [-0.25, -0.2) is 9.13 Å². The molecule has 0 aromatic heterocycles. The minimum absolute atomic E-state index is 0. The zero-order chi connectivity index (χ0) is 9.00. The van der Waals surface area contributed by atoms with Gasteiger partial charge in [0, 0.05) is 51.2 Å². The monoisotopic (exact) mass is 378 g/mol. The maximum atomic E-state index is 8.88. The zero-order valence-corrected chi connectivity index (χ0v) is 10.8. The van der Waals surface area contributed by atoms with Gasteiger partial charge in [0.1, 0.15) is 0 Å². The van der Waals surface area contributed by atoms with Gasteiger partial charge in [-0.05, 0) is 0 Å². The van der Waals surface area contributed by atoms with E-state index in [4.69, 9.17) is 38.5 Å². The minimum atomic E-state index is -4.64. The summed E-state index contributed by atoms with van der Waals surface area (Å²) in [7, 11) is -9.28. The van der Waals surface area contributed by atoms with Crippen LogP contribution in [0.4, 0.5) is 0 Å². The summed E-state index contributed by atoms with van der Waals surface area (Å²) in [5.74, 6) is 0. The Morgan fingerprint density at radius 3 is 0.600 bits per heavy atom. The molecular weight excluding hydrogens is 370 g/mol. The molecule has 0 saturated carbocycles. The van der Waals surface area contributed by atoms with Crippen molar-refractivity contribution in [2.75, 3.05) is 0 Å². The Hall–Kier alpha value is 2.97. The molecule has 0 heterocycles. The first-order valence-corrected chi connectivity index (χ1v) is 4.70. The molecule has 0 aromatic rings. The van der Waals surface area contributed by atoms with Gasteiger partial charge in [0.05, 0.1) is 0 Å². The molecule has 0 aliphatic rings. The number of hydrogen-bond donors (Lipinski definition) is 6. The Morgan fingerprint density at radius 1 is 0.600 bits per heavy atom. The molecule has 0 rings (SSSR count). The van der Waals surface area contributed by atoms with Crippen molar-refractivity contribution < 1.29 is 89.7 Å². The fraction of sp³-hybridized carbons (Fsp3) is 0. The van der Waals surface area contributed by atoms with Crippen LogP contribution in [0.3, 0.4) is 0 Å². The van der Waals surface area contributed by atoms with E-state index in [-0.39, 0.29) is 88.9 Å². The first kappa shape index (κ1) is 43.0. The van der Waals surface area contributed by atoms with E-state index in [0.717, 1.165) is 0 Å². The standard InChI is InChI=1S/Fe.2Li.2Mn.2H3O4P.2H/c;;;;;2*1-5(2,3)4;;/h;;;;;2*(H3,1,2,3,4);;. The van der Waals surface area contributed by atoms with Gasteiger partial charge in [-0.1, -0.05) is 0 Å². The van der Waals surface area contributed by atoms with Crippen LogP contribution in [-0.2, 0) is 60.3 Å². The first-order valence-electron chi connectivity index (χ1n) is 1.57. The molecule has 90 valence electrons. The number of hydrogen-bond acceptors (Lipinski definition) is 2. The van der Waals surface area contributed by atoms with E-state index in [2.05, 4.69) is 0 Å². The Bertz CT molecular complexity index is 141.